The molecule has 0 fully saturated rings. The number of imidazole rings is 1. The predicted molar refractivity (Wildman–Crippen MR) is 95.6 cm³/mol. The fourth-order valence-corrected chi connectivity index (χ4v) is 2.30. The molecule has 1 aromatic heterocycles. The number of carbonyl (C=O) groups is 1. The number of H-pyrrole nitrogens is 1. The molecule has 3 rings (SSSR count). The van der Waals surface area contributed by atoms with Crippen molar-refractivity contribution < 1.29 is 32.1 Å². The minimum absolute atomic E-state index is 0. The summed E-state index contributed by atoms with van der Waals surface area (Å²) in [6, 6.07) is 14.6. The van der Waals surface area contributed by atoms with Crippen LogP contribution in [0.2, 0.25) is 0 Å². The fraction of sp³-hybridized carbons (Fsp3) is 0.150. The van der Waals surface area contributed by atoms with E-state index in [0.717, 1.165) is 5.56 Å². The van der Waals surface area contributed by atoms with Crippen LogP contribution in [-0.2, 0) is 28.3 Å². The number of aliphatic carboxylic acids is 1. The van der Waals surface area contributed by atoms with Crippen molar-refractivity contribution in [2.45, 2.75) is 19.4 Å². The standard InChI is InChI=1S/C17H17NO3.C3H4N2.Cu/c1-12(14-9-5-6-10-16(14)19)18-15(17(20)21)11-13-7-3-2-4-8-13;1-2-5-3-4-1;/h2-10,15,19H,11H2,1H3,(H,20,21);1-3H,(H,4,5);/q;;+2/p-2/t15-;;/m0../s1. The average molecular weight is 413 g/mol. The third kappa shape index (κ3) is 7.48. The Labute approximate surface area is 168 Å². The van der Waals surface area contributed by atoms with Crippen molar-refractivity contribution in [1.29, 1.82) is 0 Å². The first kappa shape index (κ1) is 22.2. The molecule has 0 saturated heterocycles. The molecule has 1 atom stereocenters. The molecule has 0 bridgehead atoms. The van der Waals surface area contributed by atoms with Crippen LogP contribution in [-0.4, -0.2) is 27.7 Å². The van der Waals surface area contributed by atoms with Crippen LogP contribution in [0.15, 0.2) is 78.3 Å². The van der Waals surface area contributed by atoms with Gasteiger partial charge in [-0.3, -0.25) is 4.99 Å². The fourth-order valence-electron chi connectivity index (χ4n) is 2.30. The van der Waals surface area contributed by atoms with Gasteiger partial charge in [-0.25, -0.2) is 4.98 Å². The van der Waals surface area contributed by atoms with Crippen LogP contribution in [0.1, 0.15) is 18.1 Å². The molecule has 1 radical (unpaired) electrons. The topological polar surface area (TPSA) is 104 Å². The van der Waals surface area contributed by atoms with Gasteiger partial charge in [-0.05, 0) is 18.1 Å². The van der Waals surface area contributed by atoms with Gasteiger partial charge in [0.05, 0.1) is 18.3 Å². The zero-order valence-electron chi connectivity index (χ0n) is 14.6. The molecule has 2 aromatic carbocycles. The van der Waals surface area contributed by atoms with Crippen LogP contribution in [0.25, 0.3) is 0 Å². The number of aliphatic imine (C=N–C) groups is 1. The molecule has 27 heavy (non-hydrogen) atoms. The van der Waals surface area contributed by atoms with Gasteiger partial charge in [0.25, 0.3) is 0 Å². The van der Waals surface area contributed by atoms with Crippen LogP contribution in [0.4, 0.5) is 0 Å². The summed E-state index contributed by atoms with van der Waals surface area (Å²) in [5, 5.41) is 23.0. The van der Waals surface area contributed by atoms with Crippen molar-refractivity contribution in [3.63, 3.8) is 0 Å². The van der Waals surface area contributed by atoms with E-state index in [1.807, 2.05) is 30.3 Å². The molecule has 0 unspecified atom stereocenters. The molecule has 0 aliphatic rings. The van der Waals surface area contributed by atoms with E-state index in [-0.39, 0.29) is 29.2 Å². The molecule has 7 heteroatoms. The van der Waals surface area contributed by atoms with Gasteiger partial charge in [-0.1, -0.05) is 60.3 Å². The summed E-state index contributed by atoms with van der Waals surface area (Å²) in [4.78, 5) is 21.8. The Morgan fingerprint density at radius 1 is 1.15 bits per heavy atom. The predicted octanol–water partition coefficient (Wildman–Crippen LogP) is 1.34. The van der Waals surface area contributed by atoms with E-state index in [0.29, 0.717) is 11.3 Å². The summed E-state index contributed by atoms with van der Waals surface area (Å²) in [5.74, 6) is -1.42. The summed E-state index contributed by atoms with van der Waals surface area (Å²) >= 11 is 0. The number of aromatic amines is 1. The van der Waals surface area contributed by atoms with Gasteiger partial charge in [0.1, 0.15) is 0 Å². The van der Waals surface area contributed by atoms with E-state index < -0.39 is 12.0 Å². The first-order chi connectivity index (χ1) is 12.6. The number of nitrogens with zero attached hydrogens (tertiary/aromatic N) is 2. The van der Waals surface area contributed by atoms with Gasteiger partial charge >= 0.3 is 17.1 Å². The first-order valence-electron chi connectivity index (χ1n) is 8.06. The number of para-hydroxylation sites is 1. The maximum atomic E-state index is 11.7. The average Bonchev–Trinajstić information content (AvgIpc) is 3.22. The Bertz CT molecular complexity index is 819. The molecular weight excluding hydrogens is 394 g/mol. The molecule has 143 valence electrons. The molecule has 6 nitrogen and oxygen atoms in total. The van der Waals surface area contributed by atoms with E-state index in [9.17, 15) is 15.0 Å². The second-order valence-corrected chi connectivity index (χ2v) is 5.50. The zero-order chi connectivity index (χ0) is 18.8. The molecule has 0 aliphatic heterocycles. The number of benzene rings is 2. The van der Waals surface area contributed by atoms with Crippen LogP contribution in [0, 0.1) is 0 Å². The normalized spacial score (nSPS) is 11.5. The number of carboxylic acids is 1. The molecule has 0 saturated carbocycles. The van der Waals surface area contributed by atoms with Gasteiger partial charge in [0.15, 0.2) is 0 Å². The zero-order valence-corrected chi connectivity index (χ0v) is 15.6. The molecule has 1 N–H and O–H groups in total. The number of carboxylic acid groups (broad SMARTS) is 1. The van der Waals surface area contributed by atoms with Crippen molar-refractivity contribution in [1.82, 2.24) is 9.97 Å². The second-order valence-electron chi connectivity index (χ2n) is 5.50. The monoisotopic (exact) mass is 412 g/mol. The second kappa shape index (κ2) is 11.7. The van der Waals surface area contributed by atoms with Crippen molar-refractivity contribution >= 4 is 11.7 Å². The summed E-state index contributed by atoms with van der Waals surface area (Å²) in [5.41, 5.74) is 1.68. The Balaban J connectivity index is 0.000000526. The van der Waals surface area contributed by atoms with Gasteiger partial charge in [-0.2, -0.15) is 0 Å². The van der Waals surface area contributed by atoms with E-state index in [1.165, 1.54) is 6.07 Å². The maximum Gasteiger partial charge on any atom is 2.00 e. The summed E-state index contributed by atoms with van der Waals surface area (Å²) < 4.78 is 0. The Morgan fingerprint density at radius 3 is 2.33 bits per heavy atom. The molecule has 0 aliphatic carbocycles. The number of carbonyl (C=O) groups excluding carboxylic acids is 1. The van der Waals surface area contributed by atoms with Crippen LogP contribution in [0.5, 0.6) is 5.75 Å². The minimum Gasteiger partial charge on any atom is -0.872 e. The third-order valence-corrected chi connectivity index (χ3v) is 3.58. The summed E-state index contributed by atoms with van der Waals surface area (Å²) in [7, 11) is 0. The van der Waals surface area contributed by atoms with Crippen LogP contribution in [0.3, 0.4) is 0 Å². The van der Waals surface area contributed by atoms with E-state index in [2.05, 4.69) is 15.0 Å². The number of aromatic nitrogens is 2. The van der Waals surface area contributed by atoms with Gasteiger partial charge in [0.2, 0.25) is 0 Å². The number of nitrogens with one attached hydrogen (secondary N) is 1. The van der Waals surface area contributed by atoms with E-state index in [4.69, 9.17) is 0 Å². The quantitative estimate of drug-likeness (QED) is 0.504. The Hall–Kier alpha value is -2.89. The number of hydrogen-bond donors (Lipinski definition) is 1. The molecule has 3 aromatic rings. The maximum absolute atomic E-state index is 11.7. The SMILES string of the molecule is CC(=N[C@@H](Cc1ccccc1)C(=O)[O-])c1ccccc1[O-].[Cu+2].c1c[nH]cn1. The van der Waals surface area contributed by atoms with E-state index >= 15 is 0 Å². The van der Waals surface area contributed by atoms with Gasteiger partial charge in [0, 0.05) is 24.5 Å². The van der Waals surface area contributed by atoms with Crippen LogP contribution < -0.4 is 10.2 Å². The number of hydrogen-bond acceptors (Lipinski definition) is 5. The Kier molecular flexibility index (Phi) is 9.58. The van der Waals surface area contributed by atoms with Gasteiger partial charge in [-0.15, -0.1) is 0 Å². The molecular formula is C20H19CuN3O3. The Morgan fingerprint density at radius 2 is 1.81 bits per heavy atom. The minimum atomic E-state index is -1.25. The smallest absolute Gasteiger partial charge is 0.872 e. The third-order valence-electron chi connectivity index (χ3n) is 3.58. The first-order valence-corrected chi connectivity index (χ1v) is 8.06. The van der Waals surface area contributed by atoms with Crippen molar-refractivity contribution in [3.05, 3.63) is 84.4 Å². The molecule has 1 heterocycles. The van der Waals surface area contributed by atoms with Crippen molar-refractivity contribution in [2.24, 2.45) is 4.99 Å². The van der Waals surface area contributed by atoms with Crippen molar-refractivity contribution in [3.8, 4) is 5.75 Å². The molecule has 0 spiro atoms. The largest absolute Gasteiger partial charge is 2.00 e. The van der Waals surface area contributed by atoms with Crippen molar-refractivity contribution in [2.75, 3.05) is 0 Å². The van der Waals surface area contributed by atoms with E-state index in [1.54, 1.807) is 43.8 Å². The summed E-state index contributed by atoms with van der Waals surface area (Å²) in [6.45, 7) is 1.64. The van der Waals surface area contributed by atoms with Gasteiger partial charge < -0.3 is 20.0 Å². The summed E-state index contributed by atoms with van der Waals surface area (Å²) in [6.07, 6.45) is 5.32. The van der Waals surface area contributed by atoms with Crippen LogP contribution >= 0.6 is 0 Å². The number of rotatable bonds is 5. The molecule has 0 amide bonds.